The van der Waals surface area contributed by atoms with Crippen molar-refractivity contribution < 1.29 is 27.3 Å². The van der Waals surface area contributed by atoms with Crippen LogP contribution in [0.15, 0.2) is 164 Å². The number of unbranched alkanes of at least 4 members (excludes halogenated alkanes) is 1. The van der Waals surface area contributed by atoms with Crippen molar-refractivity contribution in [1.29, 1.82) is 0 Å². The van der Waals surface area contributed by atoms with Gasteiger partial charge in [-0.2, -0.15) is 0 Å². The van der Waals surface area contributed by atoms with Gasteiger partial charge in [0.2, 0.25) is 0 Å². The van der Waals surface area contributed by atoms with E-state index >= 15 is 0 Å². The first-order chi connectivity index (χ1) is 24.6. The van der Waals surface area contributed by atoms with Crippen molar-refractivity contribution in [3.8, 4) is 23.0 Å². The quantitative estimate of drug-likeness (QED) is 0.107. The van der Waals surface area contributed by atoms with Crippen LogP contribution in [0, 0.1) is 20.8 Å². The summed E-state index contributed by atoms with van der Waals surface area (Å²) in [6.07, 6.45) is 1.47. The van der Waals surface area contributed by atoms with Gasteiger partial charge in [-0.05, 0) is 0 Å². The Hall–Kier alpha value is -4.70. The van der Waals surface area contributed by atoms with Crippen LogP contribution in [0.2, 0.25) is 0 Å². The number of para-hydroxylation sites is 4. The fourth-order valence-electron chi connectivity index (χ4n) is 5.96. The molecule has 0 aliphatic rings. The van der Waals surface area contributed by atoms with Gasteiger partial charge in [0, 0.05) is 0 Å². The molecule has 264 valence electrons. The van der Waals surface area contributed by atoms with Gasteiger partial charge in [-0.15, -0.1) is 0 Å². The summed E-state index contributed by atoms with van der Waals surface area (Å²) in [5, 5.41) is 0.832. The minimum atomic E-state index is -5.42. The molecule has 6 aromatic carbocycles. The Labute approximate surface area is 302 Å². The first-order valence-corrected chi connectivity index (χ1v) is 21.4. The molecule has 0 aliphatic heterocycles. The zero-order valence-corrected chi connectivity index (χ0v) is 31.4. The van der Waals surface area contributed by atoms with Crippen LogP contribution in [0.1, 0.15) is 36.5 Å². The van der Waals surface area contributed by atoms with E-state index in [2.05, 4.69) is 6.92 Å². The summed E-state index contributed by atoms with van der Waals surface area (Å²) in [5.41, 5.74) is 2.53. The van der Waals surface area contributed by atoms with E-state index in [-0.39, 0.29) is 6.16 Å². The molecule has 8 heteroatoms. The normalized spacial score (nSPS) is 13.2. The summed E-state index contributed by atoms with van der Waals surface area (Å²) in [6.45, 7) is 8.00. The van der Waals surface area contributed by atoms with E-state index in [1.165, 1.54) is 0 Å². The van der Waals surface area contributed by atoms with Gasteiger partial charge in [-0.3, -0.25) is 0 Å². The third-order valence-electron chi connectivity index (χ3n) is 8.73. The molecule has 0 saturated carbocycles. The van der Waals surface area contributed by atoms with E-state index in [1.807, 2.05) is 172 Å². The molecule has 0 heterocycles. The van der Waals surface area contributed by atoms with Crippen molar-refractivity contribution in [2.45, 2.75) is 40.5 Å². The molecule has 0 amide bonds. The summed E-state index contributed by atoms with van der Waals surface area (Å²) in [7, 11) is -10.7. The third-order valence-corrected chi connectivity index (χ3v) is 16.9. The molecular weight excluding hydrogens is 674 g/mol. The Balaban J connectivity index is 1.79. The van der Waals surface area contributed by atoms with E-state index in [9.17, 15) is 4.89 Å². The van der Waals surface area contributed by atoms with Gasteiger partial charge in [0.05, 0.1) is 0 Å². The monoisotopic (exact) mass is 720 g/mol. The average molecular weight is 721 g/mol. The fraction of sp³-hybridized carbons (Fsp3) is 0.163. The van der Waals surface area contributed by atoms with Crippen molar-refractivity contribution in [2.24, 2.45) is 0 Å². The van der Waals surface area contributed by atoms with Crippen molar-refractivity contribution in [3.05, 3.63) is 180 Å². The van der Waals surface area contributed by atoms with E-state index in [1.54, 1.807) is 12.1 Å². The Bertz CT molecular complexity index is 1900. The van der Waals surface area contributed by atoms with Gasteiger partial charge in [0.1, 0.15) is 0 Å². The molecule has 6 aromatic rings. The van der Waals surface area contributed by atoms with Crippen molar-refractivity contribution in [1.82, 2.24) is 0 Å². The van der Waals surface area contributed by atoms with E-state index in [0.29, 0.717) is 40.0 Å². The van der Waals surface area contributed by atoms with Crippen molar-refractivity contribution in [3.63, 3.8) is 0 Å². The predicted molar refractivity (Wildman–Crippen MR) is 212 cm³/mol. The van der Waals surface area contributed by atoms with Gasteiger partial charge in [0.15, 0.2) is 0 Å². The minimum absolute atomic E-state index is 0.148. The fourth-order valence-corrected chi connectivity index (χ4v) is 15.3. The Morgan fingerprint density at radius 3 is 1.18 bits per heavy atom. The second-order valence-electron chi connectivity index (χ2n) is 12.7. The maximum atomic E-state index is 14.3. The summed E-state index contributed by atoms with van der Waals surface area (Å²) < 4.78 is 37.1. The zero-order valence-electron chi connectivity index (χ0n) is 29.6. The SMILES string of the molecule is CCCCP(Oc1ccccc1C)(Oc1ccccc1C)(Oc1ccccc1C)OP(O)(Oc1ccccc1)(c1ccccc1)c1ccccc1. The molecule has 0 bridgehead atoms. The average Bonchev–Trinajstić information content (AvgIpc) is 3.15. The molecule has 0 spiro atoms. The van der Waals surface area contributed by atoms with Crippen molar-refractivity contribution in [2.75, 3.05) is 6.16 Å². The van der Waals surface area contributed by atoms with Gasteiger partial charge in [0.25, 0.3) is 0 Å². The van der Waals surface area contributed by atoms with E-state index in [0.717, 1.165) is 23.1 Å². The van der Waals surface area contributed by atoms with Crippen LogP contribution in [-0.4, -0.2) is 11.1 Å². The van der Waals surface area contributed by atoms with Crippen LogP contribution < -0.4 is 28.7 Å². The predicted octanol–water partition coefficient (Wildman–Crippen LogP) is 11.2. The molecule has 6 nitrogen and oxygen atoms in total. The second-order valence-corrected chi connectivity index (χ2v) is 19.3. The van der Waals surface area contributed by atoms with Crippen LogP contribution in [0.3, 0.4) is 0 Å². The topological polar surface area (TPSA) is 66.4 Å². The first-order valence-electron chi connectivity index (χ1n) is 17.3. The molecule has 6 rings (SSSR count). The summed E-state index contributed by atoms with van der Waals surface area (Å²) in [6, 6.07) is 50.9. The van der Waals surface area contributed by atoms with Crippen molar-refractivity contribution >= 4 is 25.4 Å². The van der Waals surface area contributed by atoms with Crippen LogP contribution in [-0.2, 0) is 4.31 Å². The van der Waals surface area contributed by atoms with E-state index in [4.69, 9.17) is 22.4 Å². The Morgan fingerprint density at radius 2 is 0.804 bits per heavy atom. The molecule has 1 N–H and O–H groups in total. The molecular formula is C43H46O6P2. The van der Waals surface area contributed by atoms with Gasteiger partial charge in [-0.1, -0.05) is 0 Å². The molecule has 0 saturated heterocycles. The number of benzene rings is 6. The van der Waals surface area contributed by atoms with E-state index < -0.39 is 14.8 Å². The summed E-state index contributed by atoms with van der Waals surface area (Å²) in [5.74, 6) is 1.90. The Morgan fingerprint density at radius 1 is 0.451 bits per heavy atom. The first kappa shape index (κ1) is 36.1. The maximum absolute atomic E-state index is 14.3. The summed E-state index contributed by atoms with van der Waals surface area (Å²) in [4.78, 5) is 14.3. The number of rotatable bonds is 15. The molecule has 0 radical (unpaired) electrons. The molecule has 51 heavy (non-hydrogen) atoms. The standard InChI is InChI=1S/C43H46O6P2/c1-5-6-34-50(46-41-31-19-16-22-35(41)2,47-42-32-20-17-23-36(42)3,48-43-33-21-18-24-37(43)4)49-51(44,39-27-12-8-13-28-39,40-29-14-9-15-30-40)45-38-25-10-7-11-26-38/h7-33,44H,5-6,34H2,1-4H3. The number of hydrogen-bond acceptors (Lipinski definition) is 6. The zero-order chi connectivity index (χ0) is 35.8. The van der Waals surface area contributed by atoms with Gasteiger partial charge < -0.3 is 0 Å². The third kappa shape index (κ3) is 7.52. The molecule has 0 aromatic heterocycles. The van der Waals surface area contributed by atoms with Crippen LogP contribution >= 0.6 is 14.8 Å². The van der Waals surface area contributed by atoms with Crippen LogP contribution in [0.25, 0.3) is 0 Å². The van der Waals surface area contributed by atoms with Gasteiger partial charge >= 0.3 is 303 Å². The van der Waals surface area contributed by atoms with Crippen LogP contribution in [0.5, 0.6) is 23.0 Å². The summed E-state index contributed by atoms with van der Waals surface area (Å²) >= 11 is 0. The molecule has 0 aliphatic carbocycles. The van der Waals surface area contributed by atoms with Gasteiger partial charge in [-0.25, -0.2) is 0 Å². The molecule has 0 unspecified atom stereocenters. The van der Waals surface area contributed by atoms with Crippen LogP contribution in [0.4, 0.5) is 0 Å². The number of aryl methyl sites for hydroxylation is 3. The molecule has 0 fully saturated rings. The number of hydrogen-bond donors (Lipinski definition) is 1. The molecule has 0 atom stereocenters. The second kappa shape index (κ2) is 14.9. The Kier molecular flexibility index (Phi) is 10.5.